The van der Waals surface area contributed by atoms with Crippen molar-refractivity contribution in [2.24, 2.45) is 0 Å². The molecular weight excluding hydrogens is 347 g/mol. The Kier molecular flexibility index (Phi) is 5.07. The summed E-state index contributed by atoms with van der Waals surface area (Å²) in [6.45, 7) is 0.669. The van der Waals surface area contributed by atoms with Crippen LogP contribution in [0.5, 0.6) is 0 Å². The number of rotatable bonds is 4. The Hall–Kier alpha value is -2.04. The van der Waals surface area contributed by atoms with Crippen molar-refractivity contribution in [1.82, 2.24) is 0 Å². The van der Waals surface area contributed by atoms with E-state index in [1.807, 2.05) is 18.2 Å². The third-order valence-electron chi connectivity index (χ3n) is 3.94. The molecule has 0 bridgehead atoms. The van der Waals surface area contributed by atoms with Gasteiger partial charge >= 0.3 is 0 Å². The normalized spacial score (nSPS) is 14.1. The van der Waals surface area contributed by atoms with Crippen LogP contribution in [-0.2, 0) is 16.0 Å². The van der Waals surface area contributed by atoms with Crippen LogP contribution >= 0.6 is 23.2 Å². The van der Waals surface area contributed by atoms with Gasteiger partial charge in [0, 0.05) is 23.0 Å². The Labute approximate surface area is 150 Å². The molecule has 24 heavy (non-hydrogen) atoms. The lowest BCUT2D eigenvalue weighted by Crippen LogP contribution is -2.26. The number of hydrogen-bond acceptors (Lipinski definition) is 2. The van der Waals surface area contributed by atoms with Crippen LogP contribution in [0.1, 0.15) is 18.4 Å². The molecule has 0 spiro atoms. The van der Waals surface area contributed by atoms with E-state index in [0.29, 0.717) is 34.3 Å². The minimum Gasteiger partial charge on any atom is -0.324 e. The van der Waals surface area contributed by atoms with Gasteiger partial charge in [0.15, 0.2) is 0 Å². The predicted molar refractivity (Wildman–Crippen MR) is 96.8 cm³/mol. The summed E-state index contributed by atoms with van der Waals surface area (Å²) in [6, 6.07) is 12.4. The van der Waals surface area contributed by atoms with Crippen LogP contribution in [0.15, 0.2) is 42.5 Å². The van der Waals surface area contributed by atoms with Gasteiger partial charge in [-0.05, 0) is 36.2 Å². The van der Waals surface area contributed by atoms with E-state index in [1.165, 1.54) is 0 Å². The van der Waals surface area contributed by atoms with Gasteiger partial charge in [0.1, 0.15) is 0 Å². The highest BCUT2D eigenvalue weighted by Gasteiger charge is 2.24. The third kappa shape index (κ3) is 3.55. The fourth-order valence-corrected chi connectivity index (χ4v) is 3.30. The first-order chi connectivity index (χ1) is 11.6. The van der Waals surface area contributed by atoms with Gasteiger partial charge in [0.25, 0.3) is 0 Å². The van der Waals surface area contributed by atoms with Crippen molar-refractivity contribution in [3.63, 3.8) is 0 Å². The van der Waals surface area contributed by atoms with Crippen LogP contribution in [0.25, 0.3) is 0 Å². The van der Waals surface area contributed by atoms with Gasteiger partial charge in [-0.3, -0.25) is 9.59 Å². The zero-order valence-electron chi connectivity index (χ0n) is 12.9. The number of carbonyl (C=O) groups is 2. The molecule has 1 aliphatic heterocycles. The molecule has 6 heteroatoms. The summed E-state index contributed by atoms with van der Waals surface area (Å²) in [6.07, 6.45) is 1.44. The van der Waals surface area contributed by atoms with Gasteiger partial charge in [-0.2, -0.15) is 0 Å². The van der Waals surface area contributed by atoms with Gasteiger partial charge in [0.05, 0.1) is 17.8 Å². The molecule has 1 fully saturated rings. The number of carbonyl (C=O) groups excluding carboxylic acids is 2. The number of nitrogens with one attached hydrogen (secondary N) is 1. The van der Waals surface area contributed by atoms with Crippen LogP contribution in [-0.4, -0.2) is 18.4 Å². The Morgan fingerprint density at radius 3 is 2.46 bits per heavy atom. The smallest absolute Gasteiger partial charge is 0.228 e. The van der Waals surface area contributed by atoms with Gasteiger partial charge in [0.2, 0.25) is 11.8 Å². The van der Waals surface area contributed by atoms with Crippen molar-refractivity contribution < 1.29 is 9.59 Å². The van der Waals surface area contributed by atoms with Crippen LogP contribution in [0.4, 0.5) is 11.4 Å². The summed E-state index contributed by atoms with van der Waals surface area (Å²) >= 11 is 12.2. The summed E-state index contributed by atoms with van der Waals surface area (Å²) in [4.78, 5) is 26.1. The molecule has 1 aliphatic rings. The van der Waals surface area contributed by atoms with E-state index in [1.54, 1.807) is 29.2 Å². The fraction of sp³-hybridized carbons (Fsp3) is 0.222. The summed E-state index contributed by atoms with van der Waals surface area (Å²) in [5.74, 6) is -0.157. The Morgan fingerprint density at radius 1 is 1.08 bits per heavy atom. The van der Waals surface area contributed by atoms with Crippen molar-refractivity contribution in [2.75, 3.05) is 16.8 Å². The zero-order chi connectivity index (χ0) is 17.1. The van der Waals surface area contributed by atoms with E-state index in [9.17, 15) is 9.59 Å². The molecule has 124 valence electrons. The summed E-state index contributed by atoms with van der Waals surface area (Å²) < 4.78 is 0. The molecule has 0 atom stereocenters. The summed E-state index contributed by atoms with van der Waals surface area (Å²) in [5, 5.41) is 3.78. The molecule has 3 rings (SSSR count). The molecule has 4 nitrogen and oxygen atoms in total. The van der Waals surface area contributed by atoms with Gasteiger partial charge in [-0.25, -0.2) is 0 Å². The molecule has 1 heterocycles. The maximum absolute atomic E-state index is 12.4. The van der Waals surface area contributed by atoms with E-state index in [2.05, 4.69) is 5.32 Å². The second-order valence-corrected chi connectivity index (χ2v) is 6.41. The van der Waals surface area contributed by atoms with Crippen LogP contribution in [0.3, 0.4) is 0 Å². The number of anilines is 2. The molecule has 1 N–H and O–H groups in total. The van der Waals surface area contributed by atoms with E-state index >= 15 is 0 Å². The van der Waals surface area contributed by atoms with E-state index in [-0.39, 0.29) is 18.2 Å². The Morgan fingerprint density at radius 2 is 1.79 bits per heavy atom. The number of hydrogen-bond donors (Lipinski definition) is 1. The largest absolute Gasteiger partial charge is 0.324 e. The first-order valence-electron chi connectivity index (χ1n) is 7.68. The number of halogens is 2. The molecule has 2 aromatic rings. The quantitative estimate of drug-likeness (QED) is 0.881. The Bertz CT molecular complexity index is 772. The average Bonchev–Trinajstić information content (AvgIpc) is 2.98. The second kappa shape index (κ2) is 7.24. The molecule has 0 saturated carbocycles. The predicted octanol–water partition coefficient (Wildman–Crippen LogP) is 4.30. The standard InChI is InChI=1S/C18H16Cl2N2O2/c19-13-5-3-6-14(20)12(13)11-17(23)21-15-7-1-2-8-16(15)22-10-4-9-18(22)24/h1-3,5-8H,4,9-11H2,(H,21,23). The van der Waals surface area contributed by atoms with E-state index < -0.39 is 0 Å². The number of benzene rings is 2. The monoisotopic (exact) mass is 362 g/mol. The molecule has 0 radical (unpaired) electrons. The van der Waals surface area contributed by atoms with Gasteiger partial charge in [-0.15, -0.1) is 0 Å². The highest BCUT2D eigenvalue weighted by Crippen LogP contribution is 2.30. The molecule has 1 saturated heterocycles. The molecule has 0 aliphatic carbocycles. The molecule has 2 aromatic carbocycles. The summed E-state index contributed by atoms with van der Waals surface area (Å²) in [7, 11) is 0. The number of para-hydroxylation sites is 2. The van der Waals surface area contributed by atoms with Crippen molar-refractivity contribution in [3.8, 4) is 0 Å². The maximum atomic E-state index is 12.4. The fourth-order valence-electron chi connectivity index (χ4n) is 2.77. The average molecular weight is 363 g/mol. The van der Waals surface area contributed by atoms with Crippen LogP contribution in [0.2, 0.25) is 10.0 Å². The SMILES string of the molecule is O=C(Cc1c(Cl)cccc1Cl)Nc1ccccc1N1CCCC1=O. The minimum absolute atomic E-state index is 0.0702. The highest BCUT2D eigenvalue weighted by atomic mass is 35.5. The first kappa shape index (κ1) is 16.8. The zero-order valence-corrected chi connectivity index (χ0v) is 14.4. The molecule has 2 amide bonds. The maximum Gasteiger partial charge on any atom is 0.228 e. The van der Waals surface area contributed by atoms with Crippen molar-refractivity contribution in [3.05, 3.63) is 58.1 Å². The highest BCUT2D eigenvalue weighted by molar-refractivity contribution is 6.36. The van der Waals surface area contributed by atoms with Gasteiger partial charge < -0.3 is 10.2 Å². The van der Waals surface area contributed by atoms with Crippen molar-refractivity contribution in [2.45, 2.75) is 19.3 Å². The number of nitrogens with zero attached hydrogens (tertiary/aromatic N) is 1. The Balaban J connectivity index is 1.79. The van der Waals surface area contributed by atoms with E-state index in [4.69, 9.17) is 23.2 Å². The molecule has 0 aromatic heterocycles. The van der Waals surface area contributed by atoms with Crippen LogP contribution < -0.4 is 10.2 Å². The third-order valence-corrected chi connectivity index (χ3v) is 4.65. The molecule has 0 unspecified atom stereocenters. The lowest BCUT2D eigenvalue weighted by molar-refractivity contribution is -0.117. The van der Waals surface area contributed by atoms with Gasteiger partial charge in [-0.1, -0.05) is 41.4 Å². The van der Waals surface area contributed by atoms with Crippen LogP contribution in [0, 0.1) is 0 Å². The van der Waals surface area contributed by atoms with E-state index in [0.717, 1.165) is 12.1 Å². The minimum atomic E-state index is -0.232. The second-order valence-electron chi connectivity index (χ2n) is 5.59. The van der Waals surface area contributed by atoms with Crippen molar-refractivity contribution in [1.29, 1.82) is 0 Å². The lowest BCUT2D eigenvalue weighted by atomic mass is 10.1. The van der Waals surface area contributed by atoms with Crippen molar-refractivity contribution >= 4 is 46.4 Å². The topological polar surface area (TPSA) is 49.4 Å². The number of amides is 2. The summed E-state index contributed by atoms with van der Waals surface area (Å²) in [5.41, 5.74) is 1.92. The molecular formula is C18H16Cl2N2O2. The lowest BCUT2D eigenvalue weighted by Gasteiger charge is -2.20. The first-order valence-corrected chi connectivity index (χ1v) is 8.44.